The van der Waals surface area contributed by atoms with Crippen LogP contribution in [0.4, 0.5) is 4.39 Å². The molecule has 1 aliphatic rings. The van der Waals surface area contributed by atoms with Crippen molar-refractivity contribution in [2.45, 2.75) is 24.5 Å². The first-order chi connectivity index (χ1) is 9.52. The molecule has 0 amide bonds. The third-order valence-corrected chi connectivity index (χ3v) is 3.19. The lowest BCUT2D eigenvalue weighted by Gasteiger charge is -2.16. The zero-order valence-corrected chi connectivity index (χ0v) is 9.97. The number of aliphatic hydroxyl groups excluding tert-OH is 3. The van der Waals surface area contributed by atoms with E-state index in [1.807, 2.05) is 4.98 Å². The zero-order chi connectivity index (χ0) is 14.4. The Hall–Kier alpha value is -1.88. The molecule has 10 heteroatoms. The second-order valence-electron chi connectivity index (χ2n) is 4.41. The van der Waals surface area contributed by atoms with Crippen LogP contribution in [-0.4, -0.2) is 59.8 Å². The summed E-state index contributed by atoms with van der Waals surface area (Å²) in [6, 6.07) is 0. The summed E-state index contributed by atoms with van der Waals surface area (Å²) < 4.78 is 19.6. The molecule has 20 heavy (non-hydrogen) atoms. The van der Waals surface area contributed by atoms with Gasteiger partial charge in [-0.3, -0.25) is 14.3 Å². The molecule has 0 aromatic carbocycles. The van der Waals surface area contributed by atoms with E-state index in [1.54, 1.807) is 0 Å². The number of rotatable bonds is 2. The summed E-state index contributed by atoms with van der Waals surface area (Å²) in [6.45, 7) is -0.496. The third-order valence-electron chi connectivity index (χ3n) is 3.19. The maximum absolute atomic E-state index is 13.2. The van der Waals surface area contributed by atoms with E-state index < -0.39 is 42.8 Å². The monoisotopic (exact) mass is 286 g/mol. The van der Waals surface area contributed by atoms with Crippen LogP contribution in [0.15, 0.2) is 11.1 Å². The van der Waals surface area contributed by atoms with E-state index in [4.69, 9.17) is 9.84 Å². The number of imidazole rings is 1. The molecule has 0 aliphatic carbocycles. The van der Waals surface area contributed by atoms with Crippen LogP contribution in [0.3, 0.4) is 0 Å². The number of nitrogens with one attached hydrogen (secondary N) is 1. The van der Waals surface area contributed by atoms with Gasteiger partial charge in [-0.05, 0) is 0 Å². The Morgan fingerprint density at radius 1 is 1.45 bits per heavy atom. The minimum Gasteiger partial charge on any atom is -0.394 e. The normalized spacial score (nSPS) is 30.2. The SMILES string of the molecule is O=c1[nH]c(F)nc2c1ncn2[C@H]1O[C@H](CO)[C@@H](O)[C@@H]1O. The predicted molar refractivity (Wildman–Crippen MR) is 61.1 cm³/mol. The standard InChI is InChI=1S/C10H11FN4O5/c11-10-13-7-4(8(19)14-10)12-2-15(7)9-6(18)5(17)3(1-16)20-9/h2-3,5-6,9,16-18H,1H2,(H,13,14,19)/t3-,5-,6+,9+/m1/s1. The lowest BCUT2D eigenvalue weighted by Crippen LogP contribution is -2.33. The highest BCUT2D eigenvalue weighted by atomic mass is 19.1. The Morgan fingerprint density at radius 2 is 2.20 bits per heavy atom. The fourth-order valence-corrected chi connectivity index (χ4v) is 2.20. The third kappa shape index (κ3) is 1.81. The van der Waals surface area contributed by atoms with Crippen molar-refractivity contribution in [1.82, 2.24) is 19.5 Å². The number of ether oxygens (including phenoxy) is 1. The quantitative estimate of drug-likeness (QED) is 0.463. The van der Waals surface area contributed by atoms with Crippen molar-refractivity contribution in [2.75, 3.05) is 6.61 Å². The molecule has 0 spiro atoms. The second kappa shape index (κ2) is 4.59. The first-order valence-corrected chi connectivity index (χ1v) is 5.77. The number of halogens is 1. The van der Waals surface area contributed by atoms with Crippen LogP contribution in [0, 0.1) is 6.08 Å². The summed E-state index contributed by atoms with van der Waals surface area (Å²) in [5, 5.41) is 28.6. The Bertz CT molecular complexity index is 701. The fraction of sp³-hybridized carbons (Fsp3) is 0.500. The summed E-state index contributed by atoms with van der Waals surface area (Å²) in [6.07, 6.45) is -4.74. The van der Waals surface area contributed by atoms with Gasteiger partial charge in [0, 0.05) is 0 Å². The Morgan fingerprint density at radius 3 is 2.85 bits per heavy atom. The number of H-pyrrole nitrogens is 1. The Kier molecular flexibility index (Phi) is 3.01. The second-order valence-corrected chi connectivity index (χ2v) is 4.41. The molecule has 4 atom stereocenters. The molecule has 2 aromatic heterocycles. The minimum absolute atomic E-state index is 0.121. The molecule has 1 saturated heterocycles. The van der Waals surface area contributed by atoms with Gasteiger partial charge in [-0.2, -0.15) is 9.37 Å². The summed E-state index contributed by atoms with van der Waals surface area (Å²) in [5.41, 5.74) is -1.01. The van der Waals surface area contributed by atoms with Crippen LogP contribution in [0.2, 0.25) is 0 Å². The van der Waals surface area contributed by atoms with Crippen molar-refractivity contribution in [3.8, 4) is 0 Å². The molecule has 0 radical (unpaired) electrons. The highest BCUT2D eigenvalue weighted by molar-refractivity contribution is 5.69. The van der Waals surface area contributed by atoms with Gasteiger partial charge in [0.1, 0.15) is 18.3 Å². The minimum atomic E-state index is -1.37. The van der Waals surface area contributed by atoms with Gasteiger partial charge < -0.3 is 20.1 Å². The van der Waals surface area contributed by atoms with Crippen LogP contribution >= 0.6 is 0 Å². The van der Waals surface area contributed by atoms with E-state index >= 15 is 0 Å². The first kappa shape index (κ1) is 13.1. The Balaban J connectivity index is 2.09. The van der Waals surface area contributed by atoms with E-state index in [-0.39, 0.29) is 11.2 Å². The molecule has 2 aromatic rings. The summed E-state index contributed by atoms with van der Waals surface area (Å²) in [7, 11) is 0. The number of aliphatic hydroxyl groups is 3. The molecule has 0 bridgehead atoms. The average molecular weight is 286 g/mol. The van der Waals surface area contributed by atoms with Gasteiger partial charge in [0.05, 0.1) is 12.9 Å². The van der Waals surface area contributed by atoms with Crippen LogP contribution in [0.25, 0.3) is 11.2 Å². The number of hydrogen-bond donors (Lipinski definition) is 4. The van der Waals surface area contributed by atoms with Gasteiger partial charge in [-0.15, -0.1) is 0 Å². The van der Waals surface area contributed by atoms with Crippen molar-refractivity contribution >= 4 is 11.2 Å². The van der Waals surface area contributed by atoms with Crippen molar-refractivity contribution in [3.63, 3.8) is 0 Å². The Labute approximate surface area is 110 Å². The number of hydrogen-bond acceptors (Lipinski definition) is 7. The fourth-order valence-electron chi connectivity index (χ4n) is 2.20. The van der Waals surface area contributed by atoms with Gasteiger partial charge in [0.25, 0.3) is 11.6 Å². The predicted octanol–water partition coefficient (Wildman–Crippen LogP) is -2.13. The number of nitrogens with zero attached hydrogens (tertiary/aromatic N) is 3. The smallest absolute Gasteiger partial charge is 0.291 e. The topological polar surface area (TPSA) is 133 Å². The summed E-state index contributed by atoms with van der Waals surface area (Å²) in [5.74, 6) is 0. The van der Waals surface area contributed by atoms with Crippen LogP contribution in [0.5, 0.6) is 0 Å². The zero-order valence-electron chi connectivity index (χ0n) is 9.97. The van der Waals surface area contributed by atoms with Gasteiger partial charge in [0.2, 0.25) is 0 Å². The molecule has 0 unspecified atom stereocenters. The van der Waals surface area contributed by atoms with E-state index in [0.717, 1.165) is 10.9 Å². The summed E-state index contributed by atoms with van der Waals surface area (Å²) >= 11 is 0. The highest BCUT2D eigenvalue weighted by Crippen LogP contribution is 2.30. The maximum atomic E-state index is 13.2. The number of fused-ring (bicyclic) bond motifs is 1. The largest absolute Gasteiger partial charge is 0.394 e. The van der Waals surface area contributed by atoms with E-state index in [9.17, 15) is 19.4 Å². The van der Waals surface area contributed by atoms with Crippen molar-refractivity contribution in [3.05, 3.63) is 22.8 Å². The molecule has 9 nitrogen and oxygen atoms in total. The lowest BCUT2D eigenvalue weighted by molar-refractivity contribution is -0.0511. The number of aromatic amines is 1. The van der Waals surface area contributed by atoms with E-state index in [0.29, 0.717) is 0 Å². The van der Waals surface area contributed by atoms with Crippen molar-refractivity contribution < 1.29 is 24.4 Å². The van der Waals surface area contributed by atoms with Gasteiger partial charge in [0.15, 0.2) is 17.4 Å². The van der Waals surface area contributed by atoms with E-state index in [1.165, 1.54) is 0 Å². The average Bonchev–Trinajstić information content (AvgIpc) is 2.93. The van der Waals surface area contributed by atoms with Crippen LogP contribution < -0.4 is 5.56 Å². The highest BCUT2D eigenvalue weighted by Gasteiger charge is 2.44. The molecular weight excluding hydrogens is 275 g/mol. The van der Waals surface area contributed by atoms with Crippen LogP contribution in [-0.2, 0) is 4.74 Å². The maximum Gasteiger partial charge on any atom is 0.291 e. The molecule has 108 valence electrons. The van der Waals surface area contributed by atoms with E-state index in [2.05, 4.69) is 9.97 Å². The molecule has 1 fully saturated rings. The van der Waals surface area contributed by atoms with Gasteiger partial charge >= 0.3 is 0 Å². The lowest BCUT2D eigenvalue weighted by atomic mass is 10.1. The molecule has 1 aliphatic heterocycles. The van der Waals surface area contributed by atoms with Gasteiger partial charge in [-0.25, -0.2) is 4.98 Å². The molecule has 3 heterocycles. The molecule has 0 saturated carbocycles. The molecule has 4 N–H and O–H groups in total. The molecular formula is C10H11FN4O5. The van der Waals surface area contributed by atoms with Crippen LogP contribution in [0.1, 0.15) is 6.23 Å². The van der Waals surface area contributed by atoms with Gasteiger partial charge in [-0.1, -0.05) is 0 Å². The number of aromatic nitrogens is 4. The van der Waals surface area contributed by atoms with Crippen molar-refractivity contribution in [2.24, 2.45) is 0 Å². The van der Waals surface area contributed by atoms with Crippen molar-refractivity contribution in [1.29, 1.82) is 0 Å². The summed E-state index contributed by atoms with van der Waals surface area (Å²) in [4.78, 5) is 20.6. The first-order valence-electron chi connectivity index (χ1n) is 5.77. The molecule has 3 rings (SSSR count).